The lowest BCUT2D eigenvalue weighted by Gasteiger charge is -2.31. The van der Waals surface area contributed by atoms with Crippen LogP contribution < -0.4 is 5.32 Å². The summed E-state index contributed by atoms with van der Waals surface area (Å²) in [6, 6.07) is 4.15. The first-order valence-corrected chi connectivity index (χ1v) is 11.7. The molecular weight excluding hydrogens is 428 g/mol. The van der Waals surface area contributed by atoms with Crippen molar-refractivity contribution >= 4 is 23.2 Å². The molecule has 3 aromatic rings. The van der Waals surface area contributed by atoms with Gasteiger partial charge < -0.3 is 14.6 Å². The minimum atomic E-state index is -0.325. The van der Waals surface area contributed by atoms with Crippen LogP contribution in [0.1, 0.15) is 58.9 Å². The van der Waals surface area contributed by atoms with Gasteiger partial charge in [-0.2, -0.15) is 0 Å². The van der Waals surface area contributed by atoms with Gasteiger partial charge in [0.1, 0.15) is 5.01 Å². The number of likely N-dealkylation sites (tertiary alicyclic amines) is 1. The Morgan fingerprint density at radius 2 is 2.12 bits per heavy atom. The molecule has 1 saturated heterocycles. The van der Waals surface area contributed by atoms with Gasteiger partial charge in [0.2, 0.25) is 11.8 Å². The first-order chi connectivity index (χ1) is 15.6. The van der Waals surface area contributed by atoms with E-state index in [9.17, 15) is 9.59 Å². The zero-order valence-electron chi connectivity index (χ0n) is 17.8. The van der Waals surface area contributed by atoms with Gasteiger partial charge in [0.15, 0.2) is 0 Å². The fraction of sp³-hybridized carbons (Fsp3) is 0.455. The Morgan fingerprint density at radius 3 is 2.84 bits per heavy atom. The third kappa shape index (κ3) is 4.55. The van der Waals surface area contributed by atoms with E-state index in [1.165, 1.54) is 24.2 Å². The van der Waals surface area contributed by atoms with Gasteiger partial charge in [-0.05, 0) is 37.8 Å². The van der Waals surface area contributed by atoms with E-state index < -0.39 is 0 Å². The average molecular weight is 453 g/mol. The van der Waals surface area contributed by atoms with Crippen molar-refractivity contribution in [2.24, 2.45) is 5.92 Å². The Balaban J connectivity index is 1.15. The number of carbonyl (C=O) groups excluding carboxylic acids is 2. The highest BCUT2D eigenvalue weighted by Crippen LogP contribution is 2.39. The normalized spacial score (nSPS) is 18.5. The number of nitrogens with one attached hydrogen (secondary N) is 1. The number of thiazole rings is 1. The van der Waals surface area contributed by atoms with Crippen molar-refractivity contribution in [3.8, 4) is 11.3 Å². The second-order valence-corrected chi connectivity index (χ2v) is 9.25. The van der Waals surface area contributed by atoms with Gasteiger partial charge in [-0.15, -0.1) is 21.5 Å². The van der Waals surface area contributed by atoms with Crippen LogP contribution in [0, 0.1) is 12.8 Å². The van der Waals surface area contributed by atoms with E-state index in [1.807, 2.05) is 11.6 Å². The Morgan fingerprint density at radius 1 is 1.25 bits per heavy atom. The van der Waals surface area contributed by atoms with Gasteiger partial charge in [0.25, 0.3) is 0 Å². The van der Waals surface area contributed by atoms with Crippen LogP contribution in [-0.2, 0) is 11.3 Å². The molecule has 10 heteroatoms. The van der Waals surface area contributed by atoms with Crippen LogP contribution >= 0.6 is 11.3 Å². The molecule has 1 atom stereocenters. The number of hydrogen-bond donors (Lipinski definition) is 1. The minimum absolute atomic E-state index is 0.0291. The number of pyridine rings is 1. The van der Waals surface area contributed by atoms with Crippen molar-refractivity contribution in [3.63, 3.8) is 0 Å². The van der Waals surface area contributed by atoms with Crippen LogP contribution in [0.2, 0.25) is 0 Å². The number of amides is 2. The highest BCUT2D eigenvalue weighted by molar-refractivity contribution is 7.09. The maximum atomic E-state index is 12.7. The first kappa shape index (κ1) is 20.7. The zero-order chi connectivity index (χ0) is 22.1. The van der Waals surface area contributed by atoms with Crippen LogP contribution in [0.3, 0.4) is 0 Å². The molecule has 0 bridgehead atoms. The van der Waals surface area contributed by atoms with Gasteiger partial charge in [-0.3, -0.25) is 14.6 Å². The quantitative estimate of drug-likeness (QED) is 0.611. The SMILES string of the molecule is Cc1nnc(C(=O)N2CCCC(C(=O)NCc3nc(-c4ccc(C5CC5)nc4)cs3)C2)o1. The molecule has 0 radical (unpaired) electrons. The summed E-state index contributed by atoms with van der Waals surface area (Å²) in [6.45, 7) is 2.92. The monoisotopic (exact) mass is 452 g/mol. The molecule has 2 aliphatic rings. The predicted molar refractivity (Wildman–Crippen MR) is 117 cm³/mol. The van der Waals surface area contributed by atoms with Gasteiger partial charge >= 0.3 is 11.8 Å². The Hall–Kier alpha value is -3.14. The van der Waals surface area contributed by atoms with E-state index in [0.29, 0.717) is 31.4 Å². The Bertz CT molecular complexity index is 1120. The summed E-state index contributed by atoms with van der Waals surface area (Å²) in [4.78, 5) is 36.1. The number of aryl methyl sites for hydroxylation is 1. The predicted octanol–water partition coefficient (Wildman–Crippen LogP) is 2.94. The molecule has 4 heterocycles. The van der Waals surface area contributed by atoms with E-state index in [1.54, 1.807) is 11.8 Å². The molecule has 2 fully saturated rings. The van der Waals surface area contributed by atoms with Crippen molar-refractivity contribution in [1.82, 2.24) is 30.4 Å². The number of hydrogen-bond acceptors (Lipinski definition) is 8. The molecule has 1 aliphatic carbocycles. The third-order valence-corrected chi connectivity index (χ3v) is 6.68. The van der Waals surface area contributed by atoms with Crippen LogP contribution in [0.25, 0.3) is 11.3 Å². The van der Waals surface area contributed by atoms with Crippen LogP contribution in [0.5, 0.6) is 0 Å². The lowest BCUT2D eigenvalue weighted by molar-refractivity contribution is -0.126. The molecule has 1 unspecified atom stereocenters. The fourth-order valence-corrected chi connectivity index (χ4v) is 4.65. The number of nitrogens with zero attached hydrogens (tertiary/aromatic N) is 5. The van der Waals surface area contributed by atoms with Gasteiger partial charge in [-0.25, -0.2) is 4.98 Å². The summed E-state index contributed by atoms with van der Waals surface area (Å²) in [5.74, 6) is 0.281. The average Bonchev–Trinajstić information content (AvgIpc) is 3.41. The van der Waals surface area contributed by atoms with Crippen molar-refractivity contribution in [2.45, 2.75) is 45.1 Å². The molecule has 9 nitrogen and oxygen atoms in total. The van der Waals surface area contributed by atoms with Gasteiger partial charge in [-0.1, -0.05) is 0 Å². The van der Waals surface area contributed by atoms with Crippen molar-refractivity contribution in [2.75, 3.05) is 13.1 Å². The lowest BCUT2D eigenvalue weighted by atomic mass is 9.97. The summed E-state index contributed by atoms with van der Waals surface area (Å²) in [6.07, 6.45) is 5.83. The van der Waals surface area contributed by atoms with E-state index in [0.717, 1.165) is 34.8 Å². The highest BCUT2D eigenvalue weighted by Gasteiger charge is 2.31. The molecular formula is C22H24N6O3S. The lowest BCUT2D eigenvalue weighted by Crippen LogP contribution is -2.45. The number of carbonyl (C=O) groups is 2. The first-order valence-electron chi connectivity index (χ1n) is 10.8. The van der Waals surface area contributed by atoms with E-state index >= 15 is 0 Å². The molecule has 5 rings (SSSR count). The molecule has 1 aliphatic heterocycles. The molecule has 1 N–H and O–H groups in total. The third-order valence-electron chi connectivity index (χ3n) is 5.83. The van der Waals surface area contributed by atoms with E-state index in [4.69, 9.17) is 4.42 Å². The van der Waals surface area contributed by atoms with Gasteiger partial charge in [0, 0.05) is 48.8 Å². The van der Waals surface area contributed by atoms with E-state index in [-0.39, 0.29) is 23.6 Å². The molecule has 0 aromatic carbocycles. The smallest absolute Gasteiger partial charge is 0.311 e. The fourth-order valence-electron chi connectivity index (χ4n) is 3.90. The number of rotatable bonds is 6. The Kier molecular flexibility index (Phi) is 5.69. The minimum Gasteiger partial charge on any atom is -0.417 e. The maximum Gasteiger partial charge on any atom is 0.311 e. The second kappa shape index (κ2) is 8.78. The highest BCUT2D eigenvalue weighted by atomic mass is 32.1. The topological polar surface area (TPSA) is 114 Å². The molecule has 166 valence electrons. The maximum absolute atomic E-state index is 12.7. The van der Waals surface area contributed by atoms with Crippen LogP contribution in [-0.4, -0.2) is 50.0 Å². The molecule has 0 spiro atoms. The molecule has 3 aromatic heterocycles. The molecule has 1 saturated carbocycles. The van der Waals surface area contributed by atoms with E-state index in [2.05, 4.69) is 37.6 Å². The number of aromatic nitrogens is 4. The molecule has 32 heavy (non-hydrogen) atoms. The Labute approximate surface area is 189 Å². The summed E-state index contributed by atoms with van der Waals surface area (Å²) in [7, 11) is 0. The summed E-state index contributed by atoms with van der Waals surface area (Å²) >= 11 is 1.52. The standard InChI is InChI=1S/C22H24N6O3S/c1-13-26-27-21(31-13)22(30)28-8-2-3-16(11-28)20(29)24-10-19-25-18(12-32-19)15-6-7-17(23-9-15)14-4-5-14/h6-7,9,12,14,16H,2-5,8,10-11H2,1H3,(H,24,29). The second-order valence-electron chi connectivity index (χ2n) is 8.31. The zero-order valence-corrected chi connectivity index (χ0v) is 18.6. The molecule has 2 amide bonds. The van der Waals surface area contributed by atoms with Crippen molar-refractivity contribution < 1.29 is 14.0 Å². The van der Waals surface area contributed by atoms with Crippen LogP contribution in [0.15, 0.2) is 28.1 Å². The van der Waals surface area contributed by atoms with Crippen LogP contribution in [0.4, 0.5) is 0 Å². The van der Waals surface area contributed by atoms with Crippen molar-refractivity contribution in [1.29, 1.82) is 0 Å². The largest absolute Gasteiger partial charge is 0.417 e. The number of piperidine rings is 1. The summed E-state index contributed by atoms with van der Waals surface area (Å²) < 4.78 is 5.23. The summed E-state index contributed by atoms with van der Waals surface area (Å²) in [5, 5.41) is 13.3. The summed E-state index contributed by atoms with van der Waals surface area (Å²) in [5.41, 5.74) is 3.02. The van der Waals surface area contributed by atoms with Gasteiger partial charge in [0.05, 0.1) is 18.2 Å². The van der Waals surface area contributed by atoms with Crippen molar-refractivity contribution in [3.05, 3.63) is 46.2 Å².